The largest absolute Gasteiger partial charge is 0.346 e. The van der Waals surface area contributed by atoms with Crippen molar-refractivity contribution in [2.24, 2.45) is 0 Å². The molecular formula is C21H25N3O5. The summed E-state index contributed by atoms with van der Waals surface area (Å²) >= 11 is 0. The second-order valence-electron chi connectivity index (χ2n) is 7.00. The summed E-state index contributed by atoms with van der Waals surface area (Å²) in [5.41, 5.74) is 1.01. The number of amides is 1. The van der Waals surface area contributed by atoms with Gasteiger partial charge in [0.25, 0.3) is 17.3 Å². The molecule has 0 aromatic heterocycles. The lowest BCUT2D eigenvalue weighted by Gasteiger charge is -2.15. The van der Waals surface area contributed by atoms with Gasteiger partial charge in [-0.15, -0.1) is 0 Å². The Kier molecular flexibility index (Phi) is 7.82. The van der Waals surface area contributed by atoms with Crippen LogP contribution in [0.15, 0.2) is 42.5 Å². The van der Waals surface area contributed by atoms with Gasteiger partial charge >= 0.3 is 0 Å². The SMILES string of the molecule is CCCCCCc1ccc([C@@H](C)NC(=O)c2cc([N+](=O)[O-])cc([N+](=O)[O-])c2)cc1. The van der Waals surface area contributed by atoms with Crippen molar-refractivity contribution in [3.63, 3.8) is 0 Å². The highest BCUT2D eigenvalue weighted by atomic mass is 16.6. The van der Waals surface area contributed by atoms with Crippen LogP contribution in [0, 0.1) is 20.2 Å². The predicted molar refractivity (Wildman–Crippen MR) is 110 cm³/mol. The van der Waals surface area contributed by atoms with Crippen LogP contribution in [0.25, 0.3) is 0 Å². The lowest BCUT2D eigenvalue weighted by Crippen LogP contribution is -2.26. The highest BCUT2D eigenvalue weighted by Crippen LogP contribution is 2.23. The van der Waals surface area contributed by atoms with Crippen LogP contribution in [0.2, 0.25) is 0 Å². The minimum Gasteiger partial charge on any atom is -0.346 e. The number of nitro benzene ring substituents is 2. The summed E-state index contributed by atoms with van der Waals surface area (Å²) in [5.74, 6) is -0.604. The quantitative estimate of drug-likeness (QED) is 0.338. The van der Waals surface area contributed by atoms with Crippen LogP contribution in [0.5, 0.6) is 0 Å². The number of hydrogen-bond acceptors (Lipinski definition) is 5. The zero-order valence-electron chi connectivity index (χ0n) is 16.6. The summed E-state index contributed by atoms with van der Waals surface area (Å²) in [6.45, 7) is 3.97. The molecule has 0 unspecified atom stereocenters. The van der Waals surface area contributed by atoms with Gasteiger partial charge in [0.15, 0.2) is 0 Å². The Morgan fingerprint density at radius 2 is 1.55 bits per heavy atom. The van der Waals surface area contributed by atoms with Crippen molar-refractivity contribution in [3.8, 4) is 0 Å². The number of non-ortho nitro benzene ring substituents is 2. The van der Waals surface area contributed by atoms with Crippen LogP contribution in [0.4, 0.5) is 11.4 Å². The molecule has 8 nitrogen and oxygen atoms in total. The fourth-order valence-electron chi connectivity index (χ4n) is 3.03. The Hall–Kier alpha value is -3.29. The number of hydrogen-bond donors (Lipinski definition) is 1. The van der Waals surface area contributed by atoms with Crippen molar-refractivity contribution in [1.82, 2.24) is 5.32 Å². The Morgan fingerprint density at radius 1 is 0.966 bits per heavy atom. The summed E-state index contributed by atoms with van der Waals surface area (Å²) < 4.78 is 0. The van der Waals surface area contributed by atoms with Crippen LogP contribution in [-0.4, -0.2) is 15.8 Å². The molecule has 1 N–H and O–H groups in total. The molecule has 1 atom stereocenters. The molecule has 0 aliphatic rings. The smallest absolute Gasteiger partial charge is 0.277 e. The van der Waals surface area contributed by atoms with Gasteiger partial charge in [-0.2, -0.15) is 0 Å². The molecule has 0 radical (unpaired) electrons. The first-order valence-corrected chi connectivity index (χ1v) is 9.65. The highest BCUT2D eigenvalue weighted by Gasteiger charge is 2.21. The summed E-state index contributed by atoms with van der Waals surface area (Å²) in [5, 5.41) is 24.7. The zero-order chi connectivity index (χ0) is 21.4. The summed E-state index contributed by atoms with van der Waals surface area (Å²) in [4.78, 5) is 33.0. The van der Waals surface area contributed by atoms with E-state index < -0.39 is 27.1 Å². The molecule has 0 aliphatic heterocycles. The van der Waals surface area contributed by atoms with Crippen molar-refractivity contribution < 1.29 is 14.6 Å². The molecule has 0 saturated carbocycles. The molecule has 2 aromatic carbocycles. The molecule has 154 valence electrons. The van der Waals surface area contributed by atoms with Crippen molar-refractivity contribution in [2.75, 3.05) is 0 Å². The molecule has 1 amide bonds. The Morgan fingerprint density at radius 3 is 2.07 bits per heavy atom. The second-order valence-corrected chi connectivity index (χ2v) is 7.00. The van der Waals surface area contributed by atoms with E-state index in [-0.39, 0.29) is 11.6 Å². The third kappa shape index (κ3) is 6.38. The first-order valence-electron chi connectivity index (χ1n) is 9.65. The van der Waals surface area contributed by atoms with Crippen molar-refractivity contribution in [2.45, 2.75) is 52.0 Å². The van der Waals surface area contributed by atoms with Gasteiger partial charge in [-0.1, -0.05) is 50.5 Å². The fraction of sp³-hybridized carbons (Fsp3) is 0.381. The van der Waals surface area contributed by atoms with Crippen molar-refractivity contribution in [3.05, 3.63) is 79.4 Å². The van der Waals surface area contributed by atoms with Crippen molar-refractivity contribution >= 4 is 17.3 Å². The zero-order valence-corrected chi connectivity index (χ0v) is 16.6. The van der Waals surface area contributed by atoms with Gasteiger partial charge in [-0.25, -0.2) is 0 Å². The lowest BCUT2D eigenvalue weighted by molar-refractivity contribution is -0.394. The molecule has 0 heterocycles. The Labute approximate surface area is 169 Å². The molecule has 2 aromatic rings. The van der Waals surface area contributed by atoms with Gasteiger partial charge in [-0.05, 0) is 30.9 Å². The van der Waals surface area contributed by atoms with E-state index in [1.54, 1.807) is 6.92 Å². The fourth-order valence-corrected chi connectivity index (χ4v) is 3.03. The van der Waals surface area contributed by atoms with Crippen LogP contribution in [0.3, 0.4) is 0 Å². The molecular weight excluding hydrogens is 374 g/mol. The van der Waals surface area contributed by atoms with E-state index in [2.05, 4.69) is 12.2 Å². The summed E-state index contributed by atoms with van der Waals surface area (Å²) in [6.07, 6.45) is 5.80. The van der Waals surface area contributed by atoms with E-state index in [0.29, 0.717) is 0 Å². The topological polar surface area (TPSA) is 115 Å². The van der Waals surface area contributed by atoms with Crippen LogP contribution < -0.4 is 5.32 Å². The molecule has 29 heavy (non-hydrogen) atoms. The normalized spacial score (nSPS) is 11.7. The standard InChI is InChI=1S/C21H25N3O5/c1-3-4-5-6-7-16-8-10-17(11-9-16)15(2)22-21(25)18-12-19(23(26)27)14-20(13-18)24(28)29/h8-15H,3-7H2,1-2H3,(H,22,25)/t15-/m1/s1. The predicted octanol–water partition coefficient (Wildman–Crippen LogP) is 5.12. The van der Waals surface area contributed by atoms with Crippen LogP contribution in [0.1, 0.15) is 67.1 Å². The van der Waals surface area contributed by atoms with Crippen molar-refractivity contribution in [1.29, 1.82) is 0 Å². The molecule has 0 aliphatic carbocycles. The van der Waals surface area contributed by atoms with Crippen LogP contribution >= 0.6 is 0 Å². The number of carbonyl (C=O) groups excluding carboxylic acids is 1. The molecule has 0 bridgehead atoms. The van der Waals surface area contributed by atoms with Gasteiger partial charge in [0.1, 0.15) is 0 Å². The maximum Gasteiger partial charge on any atom is 0.277 e. The average Bonchev–Trinajstić information content (AvgIpc) is 2.71. The number of unbranched alkanes of at least 4 members (excludes halogenated alkanes) is 3. The maximum absolute atomic E-state index is 12.5. The number of aryl methyl sites for hydroxylation is 1. The summed E-state index contributed by atoms with van der Waals surface area (Å²) in [6, 6.07) is 10.5. The number of carbonyl (C=O) groups is 1. The van der Waals surface area contributed by atoms with Gasteiger partial charge in [0.2, 0.25) is 0 Å². The van der Waals surface area contributed by atoms with Gasteiger partial charge in [0, 0.05) is 12.1 Å². The van der Waals surface area contributed by atoms with Crippen LogP contribution in [-0.2, 0) is 6.42 Å². The molecule has 0 fully saturated rings. The molecule has 0 spiro atoms. The number of nitro groups is 2. The number of benzene rings is 2. The number of nitrogens with zero attached hydrogens (tertiary/aromatic N) is 2. The number of nitrogens with one attached hydrogen (secondary N) is 1. The van der Waals surface area contributed by atoms with E-state index in [4.69, 9.17) is 0 Å². The molecule has 8 heteroatoms. The Balaban J connectivity index is 2.06. The van der Waals surface area contributed by atoms with E-state index in [0.717, 1.165) is 36.6 Å². The van der Waals surface area contributed by atoms with Gasteiger partial charge in [-0.3, -0.25) is 25.0 Å². The van der Waals surface area contributed by atoms with E-state index in [1.807, 2.05) is 24.3 Å². The highest BCUT2D eigenvalue weighted by molar-refractivity contribution is 5.95. The van der Waals surface area contributed by atoms with Gasteiger partial charge in [0.05, 0.1) is 27.5 Å². The monoisotopic (exact) mass is 399 g/mol. The van der Waals surface area contributed by atoms with E-state index in [1.165, 1.54) is 24.8 Å². The van der Waals surface area contributed by atoms with E-state index >= 15 is 0 Å². The Bertz CT molecular complexity index is 848. The average molecular weight is 399 g/mol. The minimum atomic E-state index is -0.757. The van der Waals surface area contributed by atoms with Gasteiger partial charge < -0.3 is 5.32 Å². The molecule has 2 rings (SSSR count). The second kappa shape index (κ2) is 10.3. The lowest BCUT2D eigenvalue weighted by atomic mass is 10.0. The summed E-state index contributed by atoms with van der Waals surface area (Å²) in [7, 11) is 0. The number of rotatable bonds is 10. The third-order valence-corrected chi connectivity index (χ3v) is 4.73. The third-order valence-electron chi connectivity index (χ3n) is 4.73. The van der Waals surface area contributed by atoms with E-state index in [9.17, 15) is 25.0 Å². The first kappa shape index (κ1) is 22.0. The first-order chi connectivity index (χ1) is 13.8. The maximum atomic E-state index is 12.5. The molecule has 0 saturated heterocycles. The minimum absolute atomic E-state index is 0.120.